The molecule has 1 aromatic rings. The minimum Gasteiger partial charge on any atom is -0.398 e. The van der Waals surface area contributed by atoms with E-state index in [9.17, 15) is 4.79 Å². The fourth-order valence-electron chi connectivity index (χ4n) is 2.20. The topological polar surface area (TPSA) is 55.6 Å². The Bertz CT molecular complexity index is 454. The first-order valence-electron chi connectivity index (χ1n) is 5.97. The van der Waals surface area contributed by atoms with E-state index < -0.39 is 0 Å². The van der Waals surface area contributed by atoms with Gasteiger partial charge in [0.2, 0.25) is 0 Å². The van der Waals surface area contributed by atoms with Gasteiger partial charge in [0, 0.05) is 18.7 Å². The van der Waals surface area contributed by atoms with Crippen molar-refractivity contribution in [3.63, 3.8) is 0 Å². The normalized spacial score (nSPS) is 24.1. The number of rotatable bonds is 1. The van der Waals surface area contributed by atoms with Crippen LogP contribution < -0.4 is 5.73 Å². The fraction of sp³-hybridized carbons (Fsp3) is 0.462. The van der Waals surface area contributed by atoms with Crippen LogP contribution in [0.3, 0.4) is 0 Å². The average Bonchev–Trinajstić information content (AvgIpc) is 2.30. The third-order valence-corrected chi connectivity index (χ3v) is 3.29. The second-order valence-electron chi connectivity index (χ2n) is 4.70. The Morgan fingerprint density at radius 1 is 1.39 bits per heavy atom. The van der Waals surface area contributed by atoms with E-state index in [1.165, 1.54) is 0 Å². The van der Waals surface area contributed by atoms with Crippen LogP contribution in [0.2, 0.25) is 5.02 Å². The zero-order valence-corrected chi connectivity index (χ0v) is 11.3. The quantitative estimate of drug-likeness (QED) is 0.794. The Morgan fingerprint density at radius 2 is 2.00 bits per heavy atom. The number of nitrogens with zero attached hydrogens (tertiary/aromatic N) is 1. The monoisotopic (exact) mass is 268 g/mol. The maximum atomic E-state index is 12.3. The van der Waals surface area contributed by atoms with Crippen molar-refractivity contribution in [3.8, 4) is 0 Å². The predicted molar refractivity (Wildman–Crippen MR) is 71.8 cm³/mol. The molecule has 98 valence electrons. The largest absolute Gasteiger partial charge is 0.398 e. The molecule has 4 nitrogen and oxygen atoms in total. The molecule has 1 heterocycles. The number of benzene rings is 1. The van der Waals surface area contributed by atoms with Gasteiger partial charge in [-0.1, -0.05) is 11.6 Å². The highest BCUT2D eigenvalue weighted by Gasteiger charge is 2.26. The number of anilines is 1. The van der Waals surface area contributed by atoms with Gasteiger partial charge in [0.15, 0.2) is 0 Å². The molecule has 5 heteroatoms. The number of halogens is 1. The molecule has 0 aromatic heterocycles. The summed E-state index contributed by atoms with van der Waals surface area (Å²) in [4.78, 5) is 14.1. The number of carbonyl (C=O) groups is 1. The van der Waals surface area contributed by atoms with Gasteiger partial charge in [-0.2, -0.15) is 0 Å². The van der Waals surface area contributed by atoms with E-state index in [0.717, 1.165) is 0 Å². The van der Waals surface area contributed by atoms with Gasteiger partial charge in [0.25, 0.3) is 5.91 Å². The molecule has 1 aliphatic rings. The summed E-state index contributed by atoms with van der Waals surface area (Å²) < 4.78 is 5.61. The van der Waals surface area contributed by atoms with Crippen LogP contribution in [-0.2, 0) is 4.74 Å². The minimum atomic E-state index is -0.0274. The van der Waals surface area contributed by atoms with E-state index in [1.807, 2.05) is 13.8 Å². The van der Waals surface area contributed by atoms with Crippen molar-refractivity contribution in [2.75, 3.05) is 18.8 Å². The average molecular weight is 269 g/mol. The van der Waals surface area contributed by atoms with Crippen molar-refractivity contribution in [1.82, 2.24) is 4.90 Å². The molecule has 2 unspecified atom stereocenters. The zero-order chi connectivity index (χ0) is 13.3. The van der Waals surface area contributed by atoms with E-state index in [-0.39, 0.29) is 18.1 Å². The second kappa shape index (κ2) is 5.16. The van der Waals surface area contributed by atoms with Crippen LogP contribution in [0.25, 0.3) is 0 Å². The molecular formula is C13H17ClN2O2. The summed E-state index contributed by atoms with van der Waals surface area (Å²) >= 11 is 5.85. The molecule has 0 saturated carbocycles. The van der Waals surface area contributed by atoms with Crippen LogP contribution in [0.4, 0.5) is 5.69 Å². The van der Waals surface area contributed by atoms with Crippen molar-refractivity contribution >= 4 is 23.2 Å². The van der Waals surface area contributed by atoms with Gasteiger partial charge in [-0.05, 0) is 32.0 Å². The highest BCUT2D eigenvalue weighted by atomic mass is 35.5. The molecule has 2 N–H and O–H groups in total. The van der Waals surface area contributed by atoms with Crippen LogP contribution in [0.15, 0.2) is 18.2 Å². The molecule has 1 saturated heterocycles. The van der Waals surface area contributed by atoms with Gasteiger partial charge in [-0.25, -0.2) is 0 Å². The lowest BCUT2D eigenvalue weighted by molar-refractivity contribution is -0.0586. The standard InChI is InChI=1S/C13H17ClN2O2/c1-8-6-16(7-9(2)18-8)13(17)10-3-4-11(14)12(15)5-10/h3-5,8-9H,6-7,15H2,1-2H3. The number of carbonyl (C=O) groups excluding carboxylic acids is 1. The molecule has 0 spiro atoms. The number of amides is 1. The molecule has 18 heavy (non-hydrogen) atoms. The molecule has 0 bridgehead atoms. The summed E-state index contributed by atoms with van der Waals surface area (Å²) in [5.74, 6) is -0.0274. The first-order chi connectivity index (χ1) is 8.47. The fourth-order valence-corrected chi connectivity index (χ4v) is 2.32. The van der Waals surface area contributed by atoms with Gasteiger partial charge in [0.1, 0.15) is 0 Å². The number of ether oxygens (including phenoxy) is 1. The summed E-state index contributed by atoms with van der Waals surface area (Å²) in [5, 5.41) is 0.468. The third kappa shape index (κ3) is 2.76. The molecule has 0 aliphatic carbocycles. The van der Waals surface area contributed by atoms with E-state index in [2.05, 4.69) is 0 Å². The molecule has 2 atom stereocenters. The first kappa shape index (κ1) is 13.2. The number of nitrogen functional groups attached to an aromatic ring is 1. The summed E-state index contributed by atoms with van der Waals surface area (Å²) in [7, 11) is 0. The Balaban J connectivity index is 2.17. The van der Waals surface area contributed by atoms with Crippen LogP contribution in [-0.4, -0.2) is 36.1 Å². The zero-order valence-electron chi connectivity index (χ0n) is 10.5. The molecule has 1 fully saturated rings. The highest BCUT2D eigenvalue weighted by Crippen LogP contribution is 2.21. The van der Waals surface area contributed by atoms with E-state index >= 15 is 0 Å². The highest BCUT2D eigenvalue weighted by molar-refractivity contribution is 6.33. The molecule has 1 aromatic carbocycles. The summed E-state index contributed by atoms with van der Waals surface area (Å²) in [6.45, 7) is 5.13. The maximum absolute atomic E-state index is 12.3. The van der Waals surface area contributed by atoms with Crippen molar-refractivity contribution in [2.45, 2.75) is 26.1 Å². The van der Waals surface area contributed by atoms with E-state index in [1.54, 1.807) is 23.1 Å². The Kier molecular flexibility index (Phi) is 3.78. The number of nitrogens with two attached hydrogens (primary N) is 1. The lowest BCUT2D eigenvalue weighted by Crippen LogP contribution is -2.48. The maximum Gasteiger partial charge on any atom is 0.254 e. The van der Waals surface area contributed by atoms with Gasteiger partial charge in [0.05, 0.1) is 22.9 Å². The van der Waals surface area contributed by atoms with Crippen molar-refractivity contribution in [2.24, 2.45) is 0 Å². The smallest absolute Gasteiger partial charge is 0.254 e. The summed E-state index contributed by atoms with van der Waals surface area (Å²) in [6, 6.07) is 4.97. The van der Waals surface area contributed by atoms with Gasteiger partial charge >= 0.3 is 0 Å². The second-order valence-corrected chi connectivity index (χ2v) is 5.11. The van der Waals surface area contributed by atoms with Crippen LogP contribution in [0, 0.1) is 0 Å². The van der Waals surface area contributed by atoms with Gasteiger partial charge in [-0.3, -0.25) is 4.79 Å². The Morgan fingerprint density at radius 3 is 2.56 bits per heavy atom. The lowest BCUT2D eigenvalue weighted by Gasteiger charge is -2.35. The minimum absolute atomic E-state index is 0.0274. The molecule has 1 aliphatic heterocycles. The van der Waals surface area contributed by atoms with Gasteiger partial charge in [-0.15, -0.1) is 0 Å². The van der Waals surface area contributed by atoms with Crippen LogP contribution in [0.1, 0.15) is 24.2 Å². The van der Waals surface area contributed by atoms with Crippen molar-refractivity contribution in [3.05, 3.63) is 28.8 Å². The van der Waals surface area contributed by atoms with Crippen molar-refractivity contribution < 1.29 is 9.53 Å². The Hall–Kier alpha value is -1.26. The summed E-state index contributed by atoms with van der Waals surface area (Å²) in [5.41, 5.74) is 6.71. The van der Waals surface area contributed by atoms with Crippen molar-refractivity contribution in [1.29, 1.82) is 0 Å². The number of hydrogen-bond acceptors (Lipinski definition) is 3. The third-order valence-electron chi connectivity index (χ3n) is 2.95. The predicted octanol–water partition coefficient (Wildman–Crippen LogP) is 2.17. The first-order valence-corrected chi connectivity index (χ1v) is 6.35. The Labute approximate surface area is 112 Å². The lowest BCUT2D eigenvalue weighted by atomic mass is 10.1. The van der Waals surface area contributed by atoms with Gasteiger partial charge < -0.3 is 15.4 Å². The van der Waals surface area contributed by atoms with E-state index in [4.69, 9.17) is 22.1 Å². The molecule has 0 radical (unpaired) electrons. The van der Waals surface area contributed by atoms with Crippen LogP contribution >= 0.6 is 11.6 Å². The number of morpholine rings is 1. The molecule has 1 amide bonds. The van der Waals surface area contributed by atoms with E-state index in [0.29, 0.717) is 29.4 Å². The number of hydrogen-bond donors (Lipinski definition) is 1. The van der Waals surface area contributed by atoms with Crippen LogP contribution in [0.5, 0.6) is 0 Å². The molecular weight excluding hydrogens is 252 g/mol. The summed E-state index contributed by atoms with van der Waals surface area (Å²) in [6.07, 6.45) is 0.115. The molecule has 2 rings (SSSR count). The SMILES string of the molecule is CC1CN(C(=O)c2ccc(Cl)c(N)c2)CC(C)O1.